The Kier molecular flexibility index (Phi) is 6.10. The molecule has 1 aromatic carbocycles. The molecular formula is C13H16Cl2N2O3. The van der Waals surface area contributed by atoms with Gasteiger partial charge in [-0.25, -0.2) is 4.79 Å². The van der Waals surface area contributed by atoms with Gasteiger partial charge in [0.2, 0.25) is 5.91 Å². The van der Waals surface area contributed by atoms with E-state index in [-0.39, 0.29) is 46.3 Å². The van der Waals surface area contributed by atoms with Gasteiger partial charge in [0.25, 0.3) is 0 Å². The van der Waals surface area contributed by atoms with Gasteiger partial charge in [0, 0.05) is 6.04 Å². The quantitative estimate of drug-likeness (QED) is 0.646. The molecule has 0 spiro atoms. The van der Waals surface area contributed by atoms with Gasteiger partial charge in [0.1, 0.15) is 6.61 Å². The maximum absolute atomic E-state index is 11.8. The highest BCUT2D eigenvalue weighted by molar-refractivity contribution is 6.43. The maximum atomic E-state index is 11.8. The second-order valence-corrected chi connectivity index (χ2v) is 5.25. The molecule has 0 radical (unpaired) electrons. The van der Waals surface area contributed by atoms with Crippen molar-refractivity contribution in [3.8, 4) is 0 Å². The van der Waals surface area contributed by atoms with Crippen molar-refractivity contribution in [3.05, 3.63) is 27.7 Å². The lowest BCUT2D eigenvalue weighted by molar-refractivity contribution is -0.122. The monoisotopic (exact) mass is 318 g/mol. The summed E-state index contributed by atoms with van der Waals surface area (Å²) in [5.74, 6) is -0.783. The molecule has 0 heterocycles. The van der Waals surface area contributed by atoms with E-state index in [9.17, 15) is 9.59 Å². The number of nitrogens with one attached hydrogen (secondary N) is 1. The summed E-state index contributed by atoms with van der Waals surface area (Å²) in [7, 11) is 0. The molecule has 7 heteroatoms. The lowest BCUT2D eigenvalue weighted by Crippen LogP contribution is -2.31. The number of esters is 1. The Morgan fingerprint density at radius 3 is 2.55 bits per heavy atom. The average molecular weight is 319 g/mol. The van der Waals surface area contributed by atoms with Crippen LogP contribution in [0.5, 0.6) is 0 Å². The Morgan fingerprint density at radius 1 is 1.35 bits per heavy atom. The van der Waals surface area contributed by atoms with E-state index in [2.05, 4.69) is 5.32 Å². The number of amides is 1. The van der Waals surface area contributed by atoms with Crippen LogP contribution in [-0.2, 0) is 9.53 Å². The largest absolute Gasteiger partial charge is 0.462 e. The van der Waals surface area contributed by atoms with E-state index < -0.39 is 5.97 Å². The molecule has 3 N–H and O–H groups in total. The summed E-state index contributed by atoms with van der Waals surface area (Å²) in [6.45, 7) is 3.68. The highest BCUT2D eigenvalue weighted by Crippen LogP contribution is 2.29. The minimum absolute atomic E-state index is 0.0163. The van der Waals surface area contributed by atoms with Crippen molar-refractivity contribution in [3.63, 3.8) is 0 Å². The first-order chi connectivity index (χ1) is 9.31. The highest BCUT2D eigenvalue weighted by Gasteiger charge is 2.13. The van der Waals surface area contributed by atoms with Crippen molar-refractivity contribution in [1.29, 1.82) is 0 Å². The molecule has 110 valence electrons. The fourth-order valence-electron chi connectivity index (χ4n) is 1.44. The molecule has 0 saturated carbocycles. The van der Waals surface area contributed by atoms with Crippen LogP contribution in [0.15, 0.2) is 12.1 Å². The normalized spacial score (nSPS) is 10.4. The van der Waals surface area contributed by atoms with Crippen LogP contribution in [-0.4, -0.2) is 24.5 Å². The molecular weight excluding hydrogens is 303 g/mol. The molecule has 0 aliphatic rings. The number of hydrogen-bond donors (Lipinski definition) is 2. The van der Waals surface area contributed by atoms with E-state index in [4.69, 9.17) is 33.7 Å². The van der Waals surface area contributed by atoms with Crippen LogP contribution in [0.3, 0.4) is 0 Å². The zero-order chi connectivity index (χ0) is 15.3. The van der Waals surface area contributed by atoms with E-state index in [0.717, 1.165) is 0 Å². The van der Waals surface area contributed by atoms with E-state index in [1.807, 2.05) is 13.8 Å². The topological polar surface area (TPSA) is 81.4 Å². The molecule has 0 bridgehead atoms. The predicted molar refractivity (Wildman–Crippen MR) is 79.1 cm³/mol. The SMILES string of the molecule is CC(C)NC(=O)CCOC(=O)c1cc(N)c(Cl)c(Cl)c1. The van der Waals surface area contributed by atoms with E-state index in [1.165, 1.54) is 12.1 Å². The Labute approximate surface area is 127 Å². The van der Waals surface area contributed by atoms with Gasteiger partial charge in [-0.2, -0.15) is 0 Å². The lowest BCUT2D eigenvalue weighted by atomic mass is 10.2. The molecule has 1 rings (SSSR count). The van der Waals surface area contributed by atoms with Crippen molar-refractivity contribution in [2.45, 2.75) is 26.3 Å². The molecule has 0 atom stereocenters. The Morgan fingerprint density at radius 2 is 2.00 bits per heavy atom. The Hall–Kier alpha value is -1.46. The van der Waals surface area contributed by atoms with Crippen molar-refractivity contribution in [2.24, 2.45) is 0 Å². The fraction of sp³-hybridized carbons (Fsp3) is 0.385. The summed E-state index contributed by atoms with van der Waals surface area (Å²) in [6, 6.07) is 2.80. The predicted octanol–water partition coefficient (Wildman–Crippen LogP) is 2.65. The third-order valence-corrected chi connectivity index (χ3v) is 3.12. The number of halogens is 2. The number of carbonyl (C=O) groups is 2. The van der Waals surface area contributed by atoms with Gasteiger partial charge in [-0.1, -0.05) is 23.2 Å². The average Bonchev–Trinajstić information content (AvgIpc) is 2.34. The van der Waals surface area contributed by atoms with Crippen molar-refractivity contribution in [2.75, 3.05) is 12.3 Å². The first-order valence-corrected chi connectivity index (χ1v) is 6.78. The minimum Gasteiger partial charge on any atom is -0.462 e. The van der Waals surface area contributed by atoms with Gasteiger partial charge < -0.3 is 15.8 Å². The van der Waals surface area contributed by atoms with Gasteiger partial charge in [-0.05, 0) is 26.0 Å². The van der Waals surface area contributed by atoms with Gasteiger partial charge in [0.15, 0.2) is 0 Å². The number of benzene rings is 1. The van der Waals surface area contributed by atoms with Crippen LogP contribution in [0, 0.1) is 0 Å². The summed E-state index contributed by atoms with van der Waals surface area (Å²) < 4.78 is 4.97. The van der Waals surface area contributed by atoms with Gasteiger partial charge in [0.05, 0.1) is 27.7 Å². The summed E-state index contributed by atoms with van der Waals surface area (Å²) >= 11 is 11.6. The summed E-state index contributed by atoms with van der Waals surface area (Å²) in [5, 5.41) is 3.06. The smallest absolute Gasteiger partial charge is 0.338 e. The molecule has 0 saturated heterocycles. The van der Waals surface area contributed by atoms with E-state index in [1.54, 1.807) is 0 Å². The maximum Gasteiger partial charge on any atom is 0.338 e. The van der Waals surface area contributed by atoms with Crippen molar-refractivity contribution in [1.82, 2.24) is 5.32 Å². The molecule has 1 amide bonds. The van der Waals surface area contributed by atoms with E-state index >= 15 is 0 Å². The molecule has 0 aromatic heterocycles. The number of ether oxygens (including phenoxy) is 1. The molecule has 20 heavy (non-hydrogen) atoms. The first kappa shape index (κ1) is 16.6. The summed E-state index contributed by atoms with van der Waals surface area (Å²) in [5.41, 5.74) is 6.00. The number of nitrogens with two attached hydrogens (primary N) is 1. The molecule has 1 aromatic rings. The van der Waals surface area contributed by atoms with Crippen LogP contribution in [0.25, 0.3) is 0 Å². The Bertz CT molecular complexity index is 495. The highest BCUT2D eigenvalue weighted by atomic mass is 35.5. The molecule has 0 unspecified atom stereocenters. The second kappa shape index (κ2) is 7.36. The van der Waals surface area contributed by atoms with Crippen LogP contribution < -0.4 is 11.1 Å². The third-order valence-electron chi connectivity index (χ3n) is 2.30. The van der Waals surface area contributed by atoms with Crippen LogP contribution in [0.4, 0.5) is 5.69 Å². The third kappa shape index (κ3) is 4.90. The minimum atomic E-state index is -0.604. The molecule has 5 nitrogen and oxygen atoms in total. The number of carbonyl (C=O) groups excluding carboxylic acids is 2. The number of anilines is 1. The van der Waals surface area contributed by atoms with Crippen LogP contribution >= 0.6 is 23.2 Å². The van der Waals surface area contributed by atoms with E-state index in [0.29, 0.717) is 0 Å². The molecule has 0 fully saturated rings. The second-order valence-electron chi connectivity index (χ2n) is 4.47. The van der Waals surface area contributed by atoms with Gasteiger partial charge >= 0.3 is 5.97 Å². The lowest BCUT2D eigenvalue weighted by Gasteiger charge is -2.09. The fourth-order valence-corrected chi connectivity index (χ4v) is 1.78. The van der Waals surface area contributed by atoms with Crippen molar-refractivity contribution >= 4 is 40.8 Å². The standard InChI is InChI=1S/C13H16Cl2N2O3/c1-7(2)17-11(18)3-4-20-13(19)8-5-9(14)12(15)10(16)6-8/h5-7H,3-4,16H2,1-2H3,(H,17,18). The molecule has 0 aliphatic heterocycles. The van der Waals surface area contributed by atoms with Crippen LogP contribution in [0.1, 0.15) is 30.6 Å². The molecule has 0 aliphatic carbocycles. The van der Waals surface area contributed by atoms with Gasteiger partial charge in [-0.3, -0.25) is 4.79 Å². The van der Waals surface area contributed by atoms with Crippen LogP contribution in [0.2, 0.25) is 10.0 Å². The van der Waals surface area contributed by atoms with Gasteiger partial charge in [-0.15, -0.1) is 0 Å². The number of rotatable bonds is 5. The summed E-state index contributed by atoms with van der Waals surface area (Å²) in [6.07, 6.45) is 0.0979. The number of hydrogen-bond acceptors (Lipinski definition) is 4. The van der Waals surface area contributed by atoms with Crippen molar-refractivity contribution < 1.29 is 14.3 Å². The summed E-state index contributed by atoms with van der Waals surface area (Å²) in [4.78, 5) is 23.1. The Balaban J connectivity index is 2.54. The number of nitrogen functional groups attached to an aromatic ring is 1. The zero-order valence-electron chi connectivity index (χ0n) is 11.2. The zero-order valence-corrected chi connectivity index (χ0v) is 12.7. The first-order valence-electron chi connectivity index (χ1n) is 6.02.